The fourth-order valence-corrected chi connectivity index (χ4v) is 2.10. The van der Waals surface area contributed by atoms with Crippen molar-refractivity contribution in [1.29, 1.82) is 0 Å². The largest absolute Gasteiger partial charge is 0.381 e. The molecule has 0 bridgehead atoms. The van der Waals surface area contributed by atoms with E-state index in [1.165, 1.54) is 0 Å². The fourth-order valence-electron chi connectivity index (χ4n) is 1.86. The van der Waals surface area contributed by atoms with Crippen molar-refractivity contribution in [3.8, 4) is 0 Å². The summed E-state index contributed by atoms with van der Waals surface area (Å²) in [6.45, 7) is 2.13. The number of aromatic nitrogens is 1. The van der Waals surface area contributed by atoms with E-state index in [0.717, 1.165) is 36.3 Å². The van der Waals surface area contributed by atoms with Crippen molar-refractivity contribution in [2.75, 3.05) is 25.1 Å². The van der Waals surface area contributed by atoms with E-state index in [-0.39, 0.29) is 5.54 Å². The maximum atomic E-state index is 5.86. The van der Waals surface area contributed by atoms with Crippen molar-refractivity contribution in [2.45, 2.75) is 18.4 Å². The molecule has 1 saturated heterocycles. The van der Waals surface area contributed by atoms with Crippen molar-refractivity contribution in [1.82, 2.24) is 4.98 Å². The number of rotatable bonds is 3. The van der Waals surface area contributed by atoms with Gasteiger partial charge in [0.25, 0.3) is 0 Å². The highest BCUT2D eigenvalue weighted by molar-refractivity contribution is 9.10. The van der Waals surface area contributed by atoms with Crippen LogP contribution in [0.15, 0.2) is 22.8 Å². The minimum Gasteiger partial charge on any atom is -0.381 e. The van der Waals surface area contributed by atoms with Gasteiger partial charge in [-0.2, -0.15) is 0 Å². The highest BCUT2D eigenvalue weighted by Gasteiger charge is 2.31. The molecule has 1 fully saturated rings. The lowest BCUT2D eigenvalue weighted by Crippen LogP contribution is -2.49. The van der Waals surface area contributed by atoms with Crippen LogP contribution in [0.2, 0.25) is 0 Å². The zero-order chi connectivity index (χ0) is 11.4. The van der Waals surface area contributed by atoms with Gasteiger partial charge in [0.05, 0.1) is 5.54 Å². The van der Waals surface area contributed by atoms with E-state index in [2.05, 4.69) is 26.2 Å². The number of nitrogens with zero attached hydrogens (tertiary/aromatic N) is 1. The Hall–Kier alpha value is -0.650. The number of nitrogens with two attached hydrogens (primary N) is 1. The van der Waals surface area contributed by atoms with Gasteiger partial charge in [-0.25, -0.2) is 4.98 Å². The van der Waals surface area contributed by atoms with Crippen LogP contribution >= 0.6 is 15.9 Å². The summed E-state index contributed by atoms with van der Waals surface area (Å²) < 4.78 is 6.34. The van der Waals surface area contributed by atoms with Crippen LogP contribution in [0, 0.1) is 0 Å². The molecule has 3 N–H and O–H groups in total. The number of anilines is 1. The van der Waals surface area contributed by atoms with Crippen LogP contribution in [-0.4, -0.2) is 30.3 Å². The quantitative estimate of drug-likeness (QED) is 0.889. The Balaban J connectivity index is 2.08. The van der Waals surface area contributed by atoms with E-state index in [4.69, 9.17) is 10.5 Å². The number of ether oxygens (including phenoxy) is 1. The third-order valence-electron chi connectivity index (χ3n) is 2.96. The lowest BCUT2D eigenvalue weighted by molar-refractivity contribution is 0.0627. The molecule has 1 aliphatic heterocycles. The van der Waals surface area contributed by atoms with Gasteiger partial charge in [-0.15, -0.1) is 0 Å². The van der Waals surface area contributed by atoms with Gasteiger partial charge in [0.15, 0.2) is 0 Å². The Morgan fingerprint density at radius 2 is 2.19 bits per heavy atom. The molecular formula is C11H16BrN3O. The van der Waals surface area contributed by atoms with Gasteiger partial charge in [-0.3, -0.25) is 0 Å². The first-order valence-electron chi connectivity index (χ1n) is 5.42. The van der Waals surface area contributed by atoms with Crippen LogP contribution < -0.4 is 11.1 Å². The van der Waals surface area contributed by atoms with E-state index < -0.39 is 0 Å². The first-order chi connectivity index (χ1) is 7.74. The summed E-state index contributed by atoms with van der Waals surface area (Å²) in [5, 5.41) is 3.43. The molecule has 0 aliphatic carbocycles. The van der Waals surface area contributed by atoms with Crippen molar-refractivity contribution in [3.05, 3.63) is 22.8 Å². The van der Waals surface area contributed by atoms with Gasteiger partial charge in [-0.05, 0) is 40.9 Å². The van der Waals surface area contributed by atoms with Crippen LogP contribution in [0.25, 0.3) is 0 Å². The van der Waals surface area contributed by atoms with Crippen LogP contribution in [0.1, 0.15) is 12.8 Å². The predicted octanol–water partition coefficient (Wildman–Crippen LogP) is 1.76. The number of pyridine rings is 1. The van der Waals surface area contributed by atoms with Crippen molar-refractivity contribution in [3.63, 3.8) is 0 Å². The smallest absolute Gasteiger partial charge is 0.126 e. The number of hydrogen-bond donors (Lipinski definition) is 2. The molecule has 0 unspecified atom stereocenters. The Kier molecular flexibility index (Phi) is 3.78. The van der Waals surface area contributed by atoms with E-state index in [1.54, 1.807) is 6.20 Å². The second-order valence-corrected chi connectivity index (χ2v) is 5.00. The number of halogens is 1. The lowest BCUT2D eigenvalue weighted by Gasteiger charge is -2.37. The minimum absolute atomic E-state index is 0.0565. The summed E-state index contributed by atoms with van der Waals surface area (Å²) in [4.78, 5) is 4.31. The van der Waals surface area contributed by atoms with Crippen LogP contribution in [0.4, 0.5) is 5.82 Å². The fraction of sp³-hybridized carbons (Fsp3) is 0.545. The van der Waals surface area contributed by atoms with Gasteiger partial charge >= 0.3 is 0 Å². The Morgan fingerprint density at radius 3 is 2.75 bits per heavy atom. The highest BCUT2D eigenvalue weighted by Crippen LogP contribution is 2.24. The normalized spacial score (nSPS) is 19.4. The van der Waals surface area contributed by atoms with Gasteiger partial charge in [-0.1, -0.05) is 0 Å². The molecule has 16 heavy (non-hydrogen) atoms. The van der Waals surface area contributed by atoms with Gasteiger partial charge < -0.3 is 15.8 Å². The maximum absolute atomic E-state index is 5.86. The van der Waals surface area contributed by atoms with E-state index in [1.807, 2.05) is 12.1 Å². The molecule has 0 radical (unpaired) electrons. The Bertz CT molecular complexity index is 336. The average Bonchev–Trinajstić information content (AvgIpc) is 2.33. The Labute approximate surface area is 104 Å². The summed E-state index contributed by atoms with van der Waals surface area (Å²) >= 11 is 3.37. The third kappa shape index (κ3) is 2.72. The van der Waals surface area contributed by atoms with Crippen LogP contribution in [0.5, 0.6) is 0 Å². The molecule has 0 atom stereocenters. The number of nitrogens with one attached hydrogen (secondary N) is 1. The second kappa shape index (κ2) is 5.12. The lowest BCUT2D eigenvalue weighted by atomic mass is 9.90. The van der Waals surface area contributed by atoms with Gasteiger partial charge in [0.1, 0.15) is 5.82 Å². The third-order valence-corrected chi connectivity index (χ3v) is 3.43. The second-order valence-electron chi connectivity index (χ2n) is 4.08. The Morgan fingerprint density at radius 1 is 1.44 bits per heavy atom. The van der Waals surface area contributed by atoms with Crippen molar-refractivity contribution < 1.29 is 4.74 Å². The molecule has 2 heterocycles. The van der Waals surface area contributed by atoms with Crippen molar-refractivity contribution in [2.24, 2.45) is 5.73 Å². The van der Waals surface area contributed by atoms with E-state index in [0.29, 0.717) is 6.54 Å². The molecule has 1 aliphatic rings. The molecule has 1 aromatic rings. The van der Waals surface area contributed by atoms with Gasteiger partial charge in [0.2, 0.25) is 0 Å². The summed E-state index contributed by atoms with van der Waals surface area (Å²) in [6, 6.07) is 3.93. The van der Waals surface area contributed by atoms with Crippen LogP contribution in [-0.2, 0) is 4.74 Å². The summed E-state index contributed by atoms with van der Waals surface area (Å²) in [6.07, 6.45) is 3.65. The highest BCUT2D eigenvalue weighted by atomic mass is 79.9. The molecule has 0 amide bonds. The minimum atomic E-state index is -0.0565. The molecule has 0 spiro atoms. The summed E-state index contributed by atoms with van der Waals surface area (Å²) in [5.74, 6) is 0.871. The predicted molar refractivity (Wildman–Crippen MR) is 67.4 cm³/mol. The van der Waals surface area contributed by atoms with Gasteiger partial charge in [0, 0.05) is 30.4 Å². The summed E-state index contributed by atoms with van der Waals surface area (Å²) in [7, 11) is 0. The molecular weight excluding hydrogens is 270 g/mol. The molecule has 4 nitrogen and oxygen atoms in total. The first kappa shape index (κ1) is 11.8. The van der Waals surface area contributed by atoms with E-state index in [9.17, 15) is 0 Å². The summed E-state index contributed by atoms with van der Waals surface area (Å²) in [5.41, 5.74) is 5.80. The molecule has 5 heteroatoms. The van der Waals surface area contributed by atoms with E-state index >= 15 is 0 Å². The number of hydrogen-bond acceptors (Lipinski definition) is 4. The van der Waals surface area contributed by atoms with Crippen LogP contribution in [0.3, 0.4) is 0 Å². The molecule has 0 aromatic carbocycles. The first-order valence-corrected chi connectivity index (χ1v) is 6.21. The molecule has 88 valence electrons. The standard InChI is InChI=1S/C11H16BrN3O/c12-9-1-2-10(14-7-9)15-11(8-13)3-5-16-6-4-11/h1-2,7H,3-6,8,13H2,(H,14,15). The molecule has 0 saturated carbocycles. The zero-order valence-electron chi connectivity index (χ0n) is 9.08. The monoisotopic (exact) mass is 285 g/mol. The molecule has 1 aromatic heterocycles. The topological polar surface area (TPSA) is 60.2 Å². The average molecular weight is 286 g/mol. The molecule has 2 rings (SSSR count). The maximum Gasteiger partial charge on any atom is 0.126 e. The zero-order valence-corrected chi connectivity index (χ0v) is 10.7. The SMILES string of the molecule is NCC1(Nc2ccc(Br)cn2)CCOCC1. The van der Waals surface area contributed by atoms with Crippen molar-refractivity contribution >= 4 is 21.7 Å².